The number of ether oxygens (including phenoxy) is 3. The number of amides is 1. The summed E-state index contributed by atoms with van der Waals surface area (Å²) >= 11 is 5.77. The van der Waals surface area contributed by atoms with Gasteiger partial charge in [-0.05, 0) is 42.0 Å². The molecule has 7 heteroatoms. The number of nitrogens with one attached hydrogen (secondary N) is 1. The van der Waals surface area contributed by atoms with Gasteiger partial charge >= 0.3 is 5.97 Å². The molecule has 0 fully saturated rings. The lowest BCUT2D eigenvalue weighted by molar-refractivity contribution is -0.146. The largest absolute Gasteiger partial charge is 0.486 e. The molecule has 0 unspecified atom stereocenters. The summed E-state index contributed by atoms with van der Waals surface area (Å²) in [6.45, 7) is 0.634. The molecular formula is C18H16ClNO5. The van der Waals surface area contributed by atoms with Crippen LogP contribution in [0.4, 0.5) is 5.69 Å². The standard InChI is InChI=1S/C18H16ClNO5/c19-13-2-4-14(5-3-13)20-17(21)11-25-18(22)10-12-1-6-15-16(9-12)24-8-7-23-15/h1-6,9H,7-8,10-11H2,(H,20,21). The Kier molecular flexibility index (Phi) is 5.40. The lowest BCUT2D eigenvalue weighted by Gasteiger charge is -2.18. The lowest BCUT2D eigenvalue weighted by Crippen LogP contribution is -2.21. The maximum atomic E-state index is 11.9. The average molecular weight is 362 g/mol. The van der Waals surface area contributed by atoms with E-state index >= 15 is 0 Å². The van der Waals surface area contributed by atoms with Gasteiger partial charge in [0.15, 0.2) is 18.1 Å². The molecule has 0 aromatic heterocycles. The Hall–Kier alpha value is -2.73. The Morgan fingerprint density at radius 3 is 2.52 bits per heavy atom. The molecule has 1 N–H and O–H groups in total. The van der Waals surface area contributed by atoms with Crippen LogP contribution in [-0.4, -0.2) is 31.7 Å². The topological polar surface area (TPSA) is 73.9 Å². The Bertz CT molecular complexity index is 776. The summed E-state index contributed by atoms with van der Waals surface area (Å²) in [6.07, 6.45) is 0.0465. The summed E-state index contributed by atoms with van der Waals surface area (Å²) in [5.74, 6) is 0.350. The number of esters is 1. The third-order valence-corrected chi connectivity index (χ3v) is 3.70. The molecule has 1 heterocycles. The summed E-state index contributed by atoms with van der Waals surface area (Å²) in [7, 11) is 0. The van der Waals surface area contributed by atoms with Crippen molar-refractivity contribution in [3.8, 4) is 11.5 Å². The second-order valence-electron chi connectivity index (χ2n) is 5.37. The van der Waals surface area contributed by atoms with Crippen LogP contribution < -0.4 is 14.8 Å². The molecular weight excluding hydrogens is 346 g/mol. The minimum Gasteiger partial charge on any atom is -0.486 e. The second kappa shape index (κ2) is 7.90. The zero-order valence-corrected chi connectivity index (χ0v) is 14.0. The molecule has 1 aliphatic rings. The molecule has 0 aliphatic carbocycles. The molecule has 0 atom stereocenters. The fourth-order valence-corrected chi connectivity index (χ4v) is 2.42. The molecule has 6 nitrogen and oxygen atoms in total. The van der Waals surface area contributed by atoms with Crippen LogP contribution in [0.1, 0.15) is 5.56 Å². The number of anilines is 1. The van der Waals surface area contributed by atoms with Crippen LogP contribution >= 0.6 is 11.6 Å². The molecule has 1 amide bonds. The van der Waals surface area contributed by atoms with Crippen molar-refractivity contribution in [3.63, 3.8) is 0 Å². The molecule has 0 bridgehead atoms. The summed E-state index contributed by atoms with van der Waals surface area (Å²) < 4.78 is 15.9. The third-order valence-electron chi connectivity index (χ3n) is 3.45. The molecule has 25 heavy (non-hydrogen) atoms. The number of carbonyl (C=O) groups excluding carboxylic acids is 2. The van der Waals surface area contributed by atoms with E-state index in [1.54, 1.807) is 42.5 Å². The van der Waals surface area contributed by atoms with Crippen LogP contribution in [0.5, 0.6) is 11.5 Å². The van der Waals surface area contributed by atoms with E-state index in [0.717, 1.165) is 5.56 Å². The molecule has 0 spiro atoms. The number of fused-ring (bicyclic) bond motifs is 1. The van der Waals surface area contributed by atoms with E-state index in [2.05, 4.69) is 5.32 Å². The molecule has 0 saturated heterocycles. The highest BCUT2D eigenvalue weighted by Crippen LogP contribution is 2.30. The van der Waals surface area contributed by atoms with Crippen LogP contribution in [0.3, 0.4) is 0 Å². The van der Waals surface area contributed by atoms with Crippen LogP contribution in [0, 0.1) is 0 Å². The van der Waals surface area contributed by atoms with Gasteiger partial charge in [-0.2, -0.15) is 0 Å². The van der Waals surface area contributed by atoms with Gasteiger partial charge in [-0.25, -0.2) is 0 Å². The molecule has 2 aromatic carbocycles. The Morgan fingerprint density at radius 2 is 1.76 bits per heavy atom. The number of carbonyl (C=O) groups is 2. The van der Waals surface area contributed by atoms with Gasteiger partial charge in [0.25, 0.3) is 5.91 Å². The van der Waals surface area contributed by atoms with E-state index in [-0.39, 0.29) is 13.0 Å². The summed E-state index contributed by atoms with van der Waals surface area (Å²) in [5, 5.41) is 3.19. The zero-order chi connectivity index (χ0) is 17.6. The van der Waals surface area contributed by atoms with Gasteiger partial charge in [0.05, 0.1) is 6.42 Å². The summed E-state index contributed by atoms with van der Waals surface area (Å²) in [4.78, 5) is 23.7. The predicted octanol–water partition coefficient (Wildman–Crippen LogP) is 2.84. The minimum atomic E-state index is -0.497. The first-order valence-corrected chi connectivity index (χ1v) is 8.07. The maximum Gasteiger partial charge on any atom is 0.310 e. The van der Waals surface area contributed by atoms with Crippen molar-refractivity contribution in [2.75, 3.05) is 25.1 Å². The van der Waals surface area contributed by atoms with Crippen molar-refractivity contribution in [1.29, 1.82) is 0 Å². The van der Waals surface area contributed by atoms with E-state index < -0.39 is 11.9 Å². The normalized spacial score (nSPS) is 12.4. The molecule has 1 aliphatic heterocycles. The van der Waals surface area contributed by atoms with Gasteiger partial charge in [-0.1, -0.05) is 17.7 Å². The SMILES string of the molecule is O=C(COC(=O)Cc1ccc2c(c1)OCCO2)Nc1ccc(Cl)cc1. The van der Waals surface area contributed by atoms with E-state index in [9.17, 15) is 9.59 Å². The average Bonchev–Trinajstić information content (AvgIpc) is 2.62. The van der Waals surface area contributed by atoms with Crippen molar-refractivity contribution in [1.82, 2.24) is 0 Å². The van der Waals surface area contributed by atoms with Crippen LogP contribution in [0.2, 0.25) is 5.02 Å². The van der Waals surface area contributed by atoms with Gasteiger partial charge in [0.1, 0.15) is 13.2 Å². The van der Waals surface area contributed by atoms with E-state index in [1.807, 2.05) is 0 Å². The highest BCUT2D eigenvalue weighted by molar-refractivity contribution is 6.30. The monoisotopic (exact) mass is 361 g/mol. The first-order chi connectivity index (χ1) is 12.1. The molecule has 0 radical (unpaired) electrons. The maximum absolute atomic E-state index is 11.9. The quantitative estimate of drug-likeness (QED) is 0.829. The second-order valence-corrected chi connectivity index (χ2v) is 5.81. The Morgan fingerprint density at radius 1 is 1.04 bits per heavy atom. The fraction of sp³-hybridized carbons (Fsp3) is 0.222. The van der Waals surface area contributed by atoms with Crippen molar-refractivity contribution in [2.45, 2.75) is 6.42 Å². The Balaban J connectivity index is 1.47. The number of hydrogen-bond acceptors (Lipinski definition) is 5. The van der Waals surface area contributed by atoms with Crippen molar-refractivity contribution in [3.05, 3.63) is 53.1 Å². The smallest absolute Gasteiger partial charge is 0.310 e. The number of halogens is 1. The van der Waals surface area contributed by atoms with Gasteiger partial charge in [0.2, 0.25) is 0 Å². The van der Waals surface area contributed by atoms with E-state index in [1.165, 1.54) is 0 Å². The zero-order valence-electron chi connectivity index (χ0n) is 13.3. The lowest BCUT2D eigenvalue weighted by atomic mass is 10.1. The minimum absolute atomic E-state index is 0.0465. The first kappa shape index (κ1) is 17.1. The van der Waals surface area contributed by atoms with Gasteiger partial charge < -0.3 is 19.5 Å². The highest BCUT2D eigenvalue weighted by Gasteiger charge is 2.14. The van der Waals surface area contributed by atoms with Crippen LogP contribution in [-0.2, 0) is 20.7 Å². The van der Waals surface area contributed by atoms with Gasteiger partial charge in [-0.15, -0.1) is 0 Å². The van der Waals surface area contributed by atoms with Crippen molar-refractivity contribution in [2.24, 2.45) is 0 Å². The van der Waals surface area contributed by atoms with Crippen molar-refractivity contribution >= 4 is 29.2 Å². The summed E-state index contributed by atoms with van der Waals surface area (Å²) in [6, 6.07) is 11.9. The van der Waals surface area contributed by atoms with Gasteiger partial charge in [0, 0.05) is 10.7 Å². The number of hydrogen-bond donors (Lipinski definition) is 1. The van der Waals surface area contributed by atoms with Crippen LogP contribution in [0.15, 0.2) is 42.5 Å². The molecule has 2 aromatic rings. The highest BCUT2D eigenvalue weighted by atomic mass is 35.5. The number of benzene rings is 2. The number of rotatable bonds is 5. The molecule has 130 valence electrons. The van der Waals surface area contributed by atoms with Crippen LogP contribution in [0.25, 0.3) is 0 Å². The predicted molar refractivity (Wildman–Crippen MR) is 92.2 cm³/mol. The van der Waals surface area contributed by atoms with Crippen molar-refractivity contribution < 1.29 is 23.8 Å². The van der Waals surface area contributed by atoms with Gasteiger partial charge in [-0.3, -0.25) is 9.59 Å². The fourth-order valence-electron chi connectivity index (χ4n) is 2.29. The molecule has 0 saturated carbocycles. The Labute approximate surface area is 149 Å². The van der Waals surface area contributed by atoms with E-state index in [4.69, 9.17) is 25.8 Å². The van der Waals surface area contributed by atoms with E-state index in [0.29, 0.717) is 35.4 Å². The first-order valence-electron chi connectivity index (χ1n) is 7.70. The summed E-state index contributed by atoms with van der Waals surface area (Å²) in [5.41, 5.74) is 1.31. The third kappa shape index (κ3) is 4.87. The molecule has 3 rings (SSSR count).